The normalized spacial score (nSPS) is 12.9. The van der Waals surface area contributed by atoms with E-state index < -0.39 is 12.0 Å². The number of carboxylic acids is 1. The number of carbonyl (C=O) groups is 2. The number of carboxylic acid groups (broad SMARTS) is 1. The number of hydrogen-bond acceptors (Lipinski definition) is 4. The van der Waals surface area contributed by atoms with Gasteiger partial charge in [0, 0.05) is 12.5 Å². The summed E-state index contributed by atoms with van der Waals surface area (Å²) in [5, 5.41) is 11.8. The minimum Gasteiger partial charge on any atom is -0.480 e. The molecule has 0 rings (SSSR count). The Kier molecular flexibility index (Phi) is 6.57. The van der Waals surface area contributed by atoms with Gasteiger partial charge in [-0.25, -0.2) is 0 Å². The third-order valence-electron chi connectivity index (χ3n) is 1.70. The molecule has 0 amide bonds. The maximum absolute atomic E-state index is 11.0. The van der Waals surface area contributed by atoms with Gasteiger partial charge in [0.25, 0.3) is 0 Å². The number of rotatable bonds is 6. The molecule has 0 heterocycles. The smallest absolute Gasteiger partial charge is 0.320 e. The first kappa shape index (κ1) is 13.4. The number of hydrogen-bond donors (Lipinski definition) is 2. The van der Waals surface area contributed by atoms with Gasteiger partial charge in [-0.3, -0.25) is 9.59 Å². The summed E-state index contributed by atoms with van der Waals surface area (Å²) in [6.07, 6.45) is 2.36. The third-order valence-corrected chi connectivity index (χ3v) is 2.36. The van der Waals surface area contributed by atoms with E-state index in [1.165, 1.54) is 0 Å². The topological polar surface area (TPSA) is 66.4 Å². The van der Waals surface area contributed by atoms with Gasteiger partial charge < -0.3 is 10.4 Å². The lowest BCUT2D eigenvalue weighted by Gasteiger charge is -2.16. The van der Waals surface area contributed by atoms with Crippen molar-refractivity contribution in [2.24, 2.45) is 0 Å². The maximum atomic E-state index is 11.0. The van der Waals surface area contributed by atoms with E-state index in [1.54, 1.807) is 6.26 Å². The van der Waals surface area contributed by atoms with Crippen LogP contribution in [0.5, 0.6) is 0 Å². The summed E-state index contributed by atoms with van der Waals surface area (Å²) in [5.74, 6) is -0.896. The van der Waals surface area contributed by atoms with Gasteiger partial charge >= 0.3 is 5.97 Å². The van der Waals surface area contributed by atoms with Crippen LogP contribution in [-0.2, 0) is 9.59 Å². The zero-order valence-corrected chi connectivity index (χ0v) is 9.56. The van der Waals surface area contributed by atoms with Crippen molar-refractivity contribution in [1.29, 1.82) is 0 Å². The molecule has 0 saturated heterocycles. The Bertz CT molecular complexity index is 206. The van der Waals surface area contributed by atoms with Crippen molar-refractivity contribution in [3.05, 3.63) is 0 Å². The van der Waals surface area contributed by atoms with Gasteiger partial charge in [-0.15, -0.1) is 0 Å². The summed E-state index contributed by atoms with van der Waals surface area (Å²) in [7, 11) is 0. The fourth-order valence-electron chi connectivity index (χ4n) is 1.04. The van der Waals surface area contributed by atoms with E-state index in [9.17, 15) is 9.59 Å². The minimum absolute atomic E-state index is 0.0295. The zero-order chi connectivity index (χ0) is 11.1. The van der Waals surface area contributed by atoms with Crippen molar-refractivity contribution in [2.45, 2.75) is 38.8 Å². The highest BCUT2D eigenvalue weighted by Gasteiger charge is 2.18. The van der Waals surface area contributed by atoms with Crippen LogP contribution < -0.4 is 5.32 Å². The molecule has 14 heavy (non-hydrogen) atoms. The Morgan fingerprint density at radius 1 is 1.43 bits per heavy atom. The molecule has 0 aromatic rings. The van der Waals surface area contributed by atoms with E-state index >= 15 is 0 Å². The van der Waals surface area contributed by atoms with Gasteiger partial charge in [-0.2, -0.15) is 0 Å². The van der Waals surface area contributed by atoms with Crippen molar-refractivity contribution >= 4 is 22.8 Å². The van der Waals surface area contributed by atoms with Gasteiger partial charge in [0.2, 0.25) is 0 Å². The molecule has 0 fully saturated rings. The molecule has 0 aliphatic rings. The summed E-state index contributed by atoms with van der Waals surface area (Å²) in [6.45, 7) is 3.76. The quantitative estimate of drug-likeness (QED) is 0.700. The van der Waals surface area contributed by atoms with E-state index in [2.05, 4.69) is 5.32 Å². The molecule has 0 aliphatic carbocycles. The van der Waals surface area contributed by atoms with Crippen molar-refractivity contribution < 1.29 is 14.7 Å². The summed E-state index contributed by atoms with van der Waals surface area (Å²) in [5.41, 5.74) is 0. The summed E-state index contributed by atoms with van der Waals surface area (Å²) >= 11 is 1.14. The molecule has 0 saturated carbocycles. The highest BCUT2D eigenvalue weighted by atomic mass is 32.2. The molecule has 5 heteroatoms. The Morgan fingerprint density at radius 3 is 2.36 bits per heavy atom. The molecule has 2 N–H and O–H groups in total. The first-order valence-corrected chi connectivity index (χ1v) is 5.75. The molecule has 0 aromatic heterocycles. The Balaban J connectivity index is 3.97. The second kappa shape index (κ2) is 6.84. The van der Waals surface area contributed by atoms with Crippen LogP contribution >= 0.6 is 11.8 Å². The fourth-order valence-corrected chi connectivity index (χ4v) is 1.37. The molecular formula is C9H17NO3S. The fraction of sp³-hybridized carbons (Fsp3) is 0.778. The van der Waals surface area contributed by atoms with E-state index in [0.29, 0.717) is 12.8 Å². The van der Waals surface area contributed by atoms with E-state index in [4.69, 9.17) is 5.11 Å². The average Bonchev–Trinajstić information content (AvgIpc) is 2.10. The maximum Gasteiger partial charge on any atom is 0.320 e. The Morgan fingerprint density at radius 2 is 2.00 bits per heavy atom. The second-order valence-corrected chi connectivity index (χ2v) is 4.19. The lowest BCUT2D eigenvalue weighted by molar-refractivity contribution is -0.139. The summed E-state index contributed by atoms with van der Waals surface area (Å²) in [6, 6.07) is -0.508. The lowest BCUT2D eigenvalue weighted by atomic mass is 10.1. The molecule has 0 aromatic carbocycles. The molecule has 1 atom stereocenters. The molecule has 0 bridgehead atoms. The van der Waals surface area contributed by atoms with Gasteiger partial charge in [0.1, 0.15) is 6.04 Å². The molecule has 0 aliphatic heterocycles. The van der Waals surface area contributed by atoms with Crippen LogP contribution in [0.4, 0.5) is 0 Å². The number of carbonyl (C=O) groups excluding carboxylic acids is 1. The van der Waals surface area contributed by atoms with Crippen molar-refractivity contribution in [3.8, 4) is 0 Å². The number of nitrogens with one attached hydrogen (secondary N) is 1. The van der Waals surface area contributed by atoms with Crippen LogP contribution in [0.1, 0.15) is 26.7 Å². The van der Waals surface area contributed by atoms with Crippen LogP contribution in [0.25, 0.3) is 0 Å². The van der Waals surface area contributed by atoms with Gasteiger partial charge in [0.05, 0.1) is 0 Å². The van der Waals surface area contributed by atoms with Crippen molar-refractivity contribution in [2.75, 3.05) is 6.26 Å². The predicted molar refractivity (Wildman–Crippen MR) is 57.5 cm³/mol. The summed E-state index contributed by atoms with van der Waals surface area (Å²) < 4.78 is 0. The second-order valence-electron chi connectivity index (χ2n) is 3.33. The van der Waals surface area contributed by atoms with Crippen molar-refractivity contribution in [3.63, 3.8) is 0 Å². The highest BCUT2D eigenvalue weighted by molar-refractivity contribution is 8.13. The molecule has 0 unspecified atom stereocenters. The first-order chi connectivity index (χ1) is 6.47. The van der Waals surface area contributed by atoms with E-state index in [1.807, 2.05) is 13.8 Å². The summed E-state index contributed by atoms with van der Waals surface area (Å²) in [4.78, 5) is 21.7. The van der Waals surface area contributed by atoms with E-state index in [-0.39, 0.29) is 11.2 Å². The van der Waals surface area contributed by atoms with Crippen molar-refractivity contribution in [1.82, 2.24) is 5.32 Å². The van der Waals surface area contributed by atoms with Crippen LogP contribution in [-0.4, -0.2) is 34.5 Å². The van der Waals surface area contributed by atoms with Gasteiger partial charge in [-0.1, -0.05) is 25.6 Å². The largest absolute Gasteiger partial charge is 0.480 e. The first-order valence-electron chi connectivity index (χ1n) is 4.53. The SMILES string of the molecule is CSC(=O)CC[C@H](NC(C)C)C(=O)O. The molecule has 0 spiro atoms. The monoisotopic (exact) mass is 219 g/mol. The molecular weight excluding hydrogens is 202 g/mol. The molecule has 4 nitrogen and oxygen atoms in total. The van der Waals surface area contributed by atoms with Gasteiger partial charge in [0.15, 0.2) is 5.12 Å². The minimum atomic E-state index is -0.896. The van der Waals surface area contributed by atoms with Crippen LogP contribution in [0, 0.1) is 0 Å². The number of thioether (sulfide) groups is 1. The van der Waals surface area contributed by atoms with Crippen LogP contribution in [0.2, 0.25) is 0 Å². The molecule has 0 radical (unpaired) electrons. The van der Waals surface area contributed by atoms with Crippen LogP contribution in [0.3, 0.4) is 0 Å². The van der Waals surface area contributed by atoms with Crippen LogP contribution in [0.15, 0.2) is 0 Å². The zero-order valence-electron chi connectivity index (χ0n) is 8.74. The highest BCUT2D eigenvalue weighted by Crippen LogP contribution is 2.06. The van der Waals surface area contributed by atoms with Gasteiger partial charge in [-0.05, 0) is 12.7 Å². The predicted octanol–water partition coefficient (Wildman–Crippen LogP) is 1.11. The Hall–Kier alpha value is -0.550. The third kappa shape index (κ3) is 5.99. The Labute approximate surface area is 88.4 Å². The van der Waals surface area contributed by atoms with E-state index in [0.717, 1.165) is 11.8 Å². The average molecular weight is 219 g/mol. The standard InChI is InChI=1S/C9H17NO3S/c1-6(2)10-7(9(12)13)4-5-8(11)14-3/h6-7,10H,4-5H2,1-3H3,(H,12,13)/t7-/m0/s1. The lowest BCUT2D eigenvalue weighted by Crippen LogP contribution is -2.41. The molecule has 82 valence electrons. The number of aliphatic carboxylic acids is 1.